The van der Waals surface area contributed by atoms with Crippen LogP contribution < -0.4 is 53.9 Å². The second kappa shape index (κ2) is 31.1. The molecule has 8 saturated heterocycles. The van der Waals surface area contributed by atoms with E-state index in [1.54, 1.807) is 0 Å². The van der Waals surface area contributed by atoms with E-state index in [-0.39, 0.29) is 101 Å². The molecular weight excluding hydrogens is 1210 g/mol. The standard InChI is InChI=1S/C22H32BN3O4S.C12H18BNO2.C10H15ClN2O2S.C10H16N2O3S.Cl2OS/c1-21(2)22(3,4)30-23(29-21)14-9-11-15(12-10-14)24-18(27)8-6-5-7-17-19-16(13-31-17)25-20(28)26-19;1-11(2)12(3,4)16-13(15-11)9-5-7-10(14)8-6-9;11-8(14)4-2-1-3-7-9-6(5-16-7)12-10(15)13-9;13-8(14)4-2-1-3-7-9-6(5-16-7)11-10(15)12-9;1-4(2)3/h9-12,16-17,19H,5-8,13H2,1-4H3,(H,24,27)(H2,25,26,28);5-8H,14H2,1-4H3;6-7,9H,1-5H2,(H2,12,13,15);6-7,9H,1-5H2,(H,13,14)(H2,11,12,15);. The third-order valence-corrected chi connectivity index (χ3v) is 21.1. The number of benzene rings is 2. The highest BCUT2D eigenvalue weighted by atomic mass is 36.0. The summed E-state index contributed by atoms with van der Waals surface area (Å²) in [5.74, 6) is 2.22. The average molecular weight is 1290 g/mol. The number of nitrogen functional groups attached to an aromatic ring is 1. The molecule has 0 saturated carbocycles. The lowest BCUT2D eigenvalue weighted by Gasteiger charge is -2.32. The van der Waals surface area contributed by atoms with Gasteiger partial charge in [-0.1, -0.05) is 43.5 Å². The van der Waals surface area contributed by atoms with Crippen LogP contribution in [0.3, 0.4) is 0 Å². The van der Waals surface area contributed by atoms with Crippen molar-refractivity contribution in [2.24, 2.45) is 0 Å². The Morgan fingerprint density at radius 1 is 0.578 bits per heavy atom. The fourth-order valence-electron chi connectivity index (χ4n) is 10.3. The number of halogens is 3. The van der Waals surface area contributed by atoms with Crippen molar-refractivity contribution in [3.8, 4) is 0 Å². The summed E-state index contributed by atoms with van der Waals surface area (Å²) in [6.07, 6.45) is 9.55. The molecule has 0 aliphatic carbocycles. The molecular formula is C54H81B2Cl3N8O12S4. The molecule has 20 nitrogen and oxygen atoms in total. The van der Waals surface area contributed by atoms with Gasteiger partial charge in [-0.3, -0.25) is 14.4 Å². The van der Waals surface area contributed by atoms with Crippen molar-refractivity contribution in [2.45, 2.75) is 207 Å². The number of amides is 7. The second-order valence-corrected chi connectivity index (χ2v) is 30.3. The van der Waals surface area contributed by atoms with Crippen LogP contribution in [-0.4, -0.2) is 150 Å². The van der Waals surface area contributed by atoms with E-state index in [0.717, 1.165) is 97.3 Å². The van der Waals surface area contributed by atoms with Crippen molar-refractivity contribution in [3.05, 3.63) is 48.5 Å². The molecule has 0 radical (unpaired) electrons. The van der Waals surface area contributed by atoms with Gasteiger partial charge in [-0.2, -0.15) is 35.3 Å². The molecule has 9 atom stereocenters. The number of hydrogen-bond acceptors (Lipinski definition) is 15. The van der Waals surface area contributed by atoms with Crippen molar-refractivity contribution >= 4 is 149 Å². The van der Waals surface area contributed by atoms with Gasteiger partial charge in [0.05, 0.1) is 58.7 Å². The Balaban J connectivity index is 0.000000183. The first-order valence-electron chi connectivity index (χ1n) is 28.2. The van der Waals surface area contributed by atoms with Crippen LogP contribution in [0.2, 0.25) is 0 Å². The molecule has 10 N–H and O–H groups in total. The van der Waals surface area contributed by atoms with E-state index in [4.69, 9.17) is 45.3 Å². The molecule has 10 rings (SSSR count). The lowest BCUT2D eigenvalue weighted by molar-refractivity contribution is -0.137. The summed E-state index contributed by atoms with van der Waals surface area (Å²) in [6.45, 7) is 16.3. The third-order valence-electron chi connectivity index (χ3n) is 16.4. The van der Waals surface area contributed by atoms with E-state index in [2.05, 4.69) is 58.6 Å². The summed E-state index contributed by atoms with van der Waals surface area (Å²) in [6, 6.07) is 16.7. The van der Waals surface area contributed by atoms with Gasteiger partial charge in [0.25, 0.3) is 0 Å². The maximum atomic E-state index is 12.3. The van der Waals surface area contributed by atoms with Gasteiger partial charge in [-0.15, -0.1) is 0 Å². The minimum Gasteiger partial charge on any atom is -0.481 e. The van der Waals surface area contributed by atoms with E-state index < -0.39 is 22.3 Å². The zero-order valence-electron chi connectivity index (χ0n) is 48.4. The van der Waals surface area contributed by atoms with Crippen LogP contribution in [-0.2, 0) is 42.2 Å². The number of fused-ring (bicyclic) bond motifs is 3. The average Bonchev–Trinajstić information content (AvgIpc) is 4.43. The highest BCUT2D eigenvalue weighted by Gasteiger charge is 2.53. The predicted molar refractivity (Wildman–Crippen MR) is 338 cm³/mol. The summed E-state index contributed by atoms with van der Waals surface area (Å²) >= 11 is 11.0. The minimum atomic E-state index is -1.67. The number of thioether (sulfide) groups is 3. The number of hydrogen-bond donors (Lipinski definition) is 9. The first kappa shape index (κ1) is 68.8. The number of carbonyl (C=O) groups excluding carboxylic acids is 5. The number of aliphatic carboxylic acids is 1. The van der Waals surface area contributed by atoms with Crippen LogP contribution in [0.4, 0.5) is 25.8 Å². The van der Waals surface area contributed by atoms with Crippen LogP contribution in [0.5, 0.6) is 0 Å². The molecule has 8 heterocycles. The van der Waals surface area contributed by atoms with Gasteiger partial charge in [-0.25, -0.2) is 18.6 Å². The number of rotatable bonds is 18. The second-order valence-electron chi connectivity index (χ2n) is 23.5. The first-order chi connectivity index (χ1) is 39.0. The zero-order chi connectivity index (χ0) is 60.9. The van der Waals surface area contributed by atoms with Gasteiger partial charge in [0.15, 0.2) is 0 Å². The van der Waals surface area contributed by atoms with E-state index in [0.29, 0.717) is 28.6 Å². The fraction of sp³-hybridized carbons (Fsp3) is 0.667. The van der Waals surface area contributed by atoms with Crippen LogP contribution >= 0.6 is 68.3 Å². The SMILES string of the molecule is CC1(C)OB(c2ccc(N)cc2)OC1(C)C.CC1(C)OB(c2ccc(NC(=O)CCCCC3SCC4NC(=O)NC43)cc2)OC1(C)C.O=C(Cl)CCCCC1SCC2NC(=O)NC21.O=C(O)CCCCC1SCC2NC(=O)NC21.O=S(Cl)Cl. The van der Waals surface area contributed by atoms with Crippen LogP contribution in [0.15, 0.2) is 48.5 Å². The molecule has 83 heavy (non-hydrogen) atoms. The smallest absolute Gasteiger partial charge is 0.481 e. The maximum Gasteiger partial charge on any atom is 0.494 e. The first-order valence-corrected chi connectivity index (χ1v) is 34.5. The van der Waals surface area contributed by atoms with Crippen molar-refractivity contribution in [1.82, 2.24) is 31.9 Å². The van der Waals surface area contributed by atoms with Crippen molar-refractivity contribution in [2.75, 3.05) is 28.3 Å². The predicted octanol–water partition coefficient (Wildman–Crippen LogP) is 7.54. The normalized spacial score (nSPS) is 27.6. The highest BCUT2D eigenvalue weighted by molar-refractivity contribution is 8.26. The molecule has 7 amide bonds. The minimum absolute atomic E-state index is 0.0242. The number of urea groups is 3. The summed E-state index contributed by atoms with van der Waals surface area (Å²) in [5.41, 5.74) is 7.80. The van der Waals surface area contributed by atoms with E-state index in [1.165, 1.54) is 0 Å². The summed E-state index contributed by atoms with van der Waals surface area (Å²) < 4.78 is 33.1. The third kappa shape index (κ3) is 20.4. The van der Waals surface area contributed by atoms with Crippen LogP contribution in [0.1, 0.15) is 132 Å². The maximum absolute atomic E-state index is 12.3. The molecule has 460 valence electrons. The molecule has 8 aliphatic heterocycles. The molecule has 0 aromatic heterocycles. The fourth-order valence-corrected chi connectivity index (χ4v) is 15.1. The van der Waals surface area contributed by atoms with Crippen LogP contribution in [0.25, 0.3) is 0 Å². The van der Waals surface area contributed by atoms with E-state index >= 15 is 0 Å². The van der Waals surface area contributed by atoms with Crippen LogP contribution in [0, 0.1) is 0 Å². The zero-order valence-corrected chi connectivity index (χ0v) is 53.9. The Hall–Kier alpha value is -3.30. The van der Waals surface area contributed by atoms with Gasteiger partial charge in [0, 0.05) is 85.0 Å². The number of nitrogens with two attached hydrogens (primary N) is 1. The topological polar surface area (TPSA) is 287 Å². The van der Waals surface area contributed by atoms with E-state index in [1.807, 2.05) is 139 Å². The highest BCUT2D eigenvalue weighted by Crippen LogP contribution is 2.39. The molecule has 0 bridgehead atoms. The molecule has 29 heteroatoms. The molecule has 2 aromatic carbocycles. The number of carbonyl (C=O) groups is 6. The number of nitrogens with one attached hydrogen (secondary N) is 7. The largest absolute Gasteiger partial charge is 0.494 e. The van der Waals surface area contributed by atoms with Gasteiger partial charge >= 0.3 is 38.3 Å². The number of carboxylic acid groups (broad SMARTS) is 1. The Bertz CT molecular complexity index is 2480. The van der Waals surface area contributed by atoms with Crippen molar-refractivity contribution in [3.63, 3.8) is 0 Å². The lowest BCUT2D eigenvalue weighted by Crippen LogP contribution is -2.41. The van der Waals surface area contributed by atoms with Gasteiger partial charge in [0.1, 0.15) is 0 Å². The van der Waals surface area contributed by atoms with Crippen molar-refractivity contribution in [1.29, 1.82) is 0 Å². The molecule has 9 unspecified atom stereocenters. The molecule has 0 spiro atoms. The van der Waals surface area contributed by atoms with Gasteiger partial charge in [0.2, 0.25) is 20.4 Å². The Morgan fingerprint density at radius 3 is 1.24 bits per heavy atom. The van der Waals surface area contributed by atoms with Gasteiger partial charge in [-0.05, 0) is 141 Å². The Morgan fingerprint density at radius 2 is 0.904 bits per heavy atom. The molecule has 2 aromatic rings. The molecule has 8 fully saturated rings. The van der Waals surface area contributed by atoms with E-state index in [9.17, 15) is 28.8 Å². The quantitative estimate of drug-likeness (QED) is 0.0229. The Kier molecular flexibility index (Phi) is 25.7. The summed E-state index contributed by atoms with van der Waals surface area (Å²) in [7, 11) is 6.66. The van der Waals surface area contributed by atoms with Crippen molar-refractivity contribution < 1.29 is 56.7 Å². The summed E-state index contributed by atoms with van der Waals surface area (Å²) in [4.78, 5) is 66.9. The number of unbranched alkanes of at least 4 members (excludes halogenated alkanes) is 3. The summed E-state index contributed by atoms with van der Waals surface area (Å²) in [5, 5.41) is 30.2. The number of anilines is 2. The number of carboxylic acids is 1. The monoisotopic (exact) mass is 1290 g/mol. The lowest BCUT2D eigenvalue weighted by atomic mass is 9.79. The molecule has 8 aliphatic rings. The van der Waals surface area contributed by atoms with Gasteiger partial charge < -0.3 is 66.7 Å². The Labute approximate surface area is 518 Å².